The Morgan fingerprint density at radius 3 is 2.61 bits per heavy atom. The van der Waals surface area contributed by atoms with Gasteiger partial charge in [-0.15, -0.1) is 0 Å². The minimum absolute atomic E-state index is 0.123. The number of aromatic hydroxyl groups is 1. The van der Waals surface area contributed by atoms with Gasteiger partial charge in [0.25, 0.3) is 11.8 Å². The monoisotopic (exact) mass is 420 g/mol. The maximum atomic E-state index is 13.0. The number of nitrogens with zero attached hydrogens (tertiary/aromatic N) is 3. The first-order chi connectivity index (χ1) is 15.0. The number of nitrogens with one attached hydrogen (secondary N) is 1. The molecule has 1 atom stereocenters. The van der Waals surface area contributed by atoms with E-state index in [-0.39, 0.29) is 35.8 Å². The van der Waals surface area contributed by atoms with Crippen molar-refractivity contribution in [3.63, 3.8) is 0 Å². The molecule has 2 aromatic carbocycles. The van der Waals surface area contributed by atoms with Crippen molar-refractivity contribution in [1.29, 1.82) is 0 Å². The van der Waals surface area contributed by atoms with Crippen LogP contribution in [0.5, 0.6) is 5.75 Å². The van der Waals surface area contributed by atoms with Crippen LogP contribution in [-0.4, -0.2) is 38.3 Å². The number of hydrogen-bond donors (Lipinski definition) is 2. The SMILES string of the molecule is O=C(NCc1ccc(F)cc1)c1nc(C2CCCN2C(=O)c2ccccc2)ncc1O. The molecule has 1 unspecified atom stereocenters. The van der Waals surface area contributed by atoms with Gasteiger partial charge in [-0.25, -0.2) is 14.4 Å². The van der Waals surface area contributed by atoms with E-state index >= 15 is 0 Å². The summed E-state index contributed by atoms with van der Waals surface area (Å²) in [5, 5.41) is 12.8. The molecule has 7 nitrogen and oxygen atoms in total. The van der Waals surface area contributed by atoms with Gasteiger partial charge in [-0.1, -0.05) is 30.3 Å². The number of rotatable bonds is 5. The fraction of sp³-hybridized carbons (Fsp3) is 0.217. The number of aromatic nitrogens is 2. The zero-order valence-electron chi connectivity index (χ0n) is 16.7. The summed E-state index contributed by atoms with van der Waals surface area (Å²) in [7, 11) is 0. The van der Waals surface area contributed by atoms with Crippen molar-refractivity contribution in [2.75, 3.05) is 6.54 Å². The zero-order chi connectivity index (χ0) is 21.8. The summed E-state index contributed by atoms with van der Waals surface area (Å²) in [5.41, 5.74) is 1.12. The third-order valence-corrected chi connectivity index (χ3v) is 5.20. The van der Waals surface area contributed by atoms with Crippen LogP contribution in [0.1, 0.15) is 51.1 Å². The van der Waals surface area contributed by atoms with Gasteiger partial charge in [0, 0.05) is 18.7 Å². The topological polar surface area (TPSA) is 95.4 Å². The molecule has 0 saturated carbocycles. The Bertz CT molecular complexity index is 1090. The lowest BCUT2D eigenvalue weighted by atomic mass is 10.1. The fourth-order valence-corrected chi connectivity index (χ4v) is 3.61. The Morgan fingerprint density at radius 2 is 1.87 bits per heavy atom. The summed E-state index contributed by atoms with van der Waals surface area (Å²) in [6.07, 6.45) is 2.64. The molecule has 3 aromatic rings. The molecule has 31 heavy (non-hydrogen) atoms. The summed E-state index contributed by atoms with van der Waals surface area (Å²) in [5.74, 6) is -1.10. The molecule has 0 spiro atoms. The van der Waals surface area contributed by atoms with Crippen molar-refractivity contribution in [3.8, 4) is 5.75 Å². The molecule has 8 heteroatoms. The standard InChI is InChI=1S/C23H21FN4O3/c24-17-10-8-15(9-11-17)13-26-22(30)20-19(29)14-25-21(27-20)18-7-4-12-28(18)23(31)16-5-2-1-3-6-16/h1-3,5-6,8-11,14,18,29H,4,7,12-13H2,(H,26,30). The zero-order valence-corrected chi connectivity index (χ0v) is 16.7. The molecular formula is C23H21FN4O3. The Hall–Kier alpha value is -3.81. The van der Waals surface area contributed by atoms with E-state index in [1.54, 1.807) is 41.3 Å². The first-order valence-corrected chi connectivity index (χ1v) is 9.97. The van der Waals surface area contributed by atoms with Crippen LogP contribution in [-0.2, 0) is 6.54 Å². The number of carbonyl (C=O) groups excluding carboxylic acids is 2. The molecule has 4 rings (SSSR count). The van der Waals surface area contributed by atoms with E-state index in [1.807, 2.05) is 6.07 Å². The van der Waals surface area contributed by atoms with Gasteiger partial charge in [0.2, 0.25) is 0 Å². The van der Waals surface area contributed by atoms with Gasteiger partial charge in [0.15, 0.2) is 17.3 Å². The van der Waals surface area contributed by atoms with Crippen LogP contribution in [0.4, 0.5) is 4.39 Å². The lowest BCUT2D eigenvalue weighted by Crippen LogP contribution is -2.32. The molecule has 1 fully saturated rings. The summed E-state index contributed by atoms with van der Waals surface area (Å²) >= 11 is 0. The van der Waals surface area contributed by atoms with Crippen molar-refractivity contribution in [1.82, 2.24) is 20.2 Å². The minimum Gasteiger partial charge on any atom is -0.504 e. The van der Waals surface area contributed by atoms with Crippen LogP contribution < -0.4 is 5.32 Å². The molecular weight excluding hydrogens is 399 g/mol. The molecule has 0 radical (unpaired) electrons. The van der Waals surface area contributed by atoms with Crippen LogP contribution in [0.25, 0.3) is 0 Å². The van der Waals surface area contributed by atoms with E-state index in [1.165, 1.54) is 18.3 Å². The van der Waals surface area contributed by atoms with Crippen LogP contribution in [0.3, 0.4) is 0 Å². The summed E-state index contributed by atoms with van der Waals surface area (Å²) in [6.45, 7) is 0.717. The lowest BCUT2D eigenvalue weighted by molar-refractivity contribution is 0.0729. The quantitative estimate of drug-likeness (QED) is 0.661. The predicted molar refractivity (Wildman–Crippen MR) is 111 cm³/mol. The highest BCUT2D eigenvalue weighted by atomic mass is 19.1. The van der Waals surface area contributed by atoms with Crippen molar-refractivity contribution in [2.45, 2.75) is 25.4 Å². The second-order valence-corrected chi connectivity index (χ2v) is 7.29. The van der Waals surface area contributed by atoms with E-state index in [0.29, 0.717) is 29.9 Å². The molecule has 1 aliphatic rings. The molecule has 1 aromatic heterocycles. The first kappa shape index (κ1) is 20.5. The molecule has 158 valence electrons. The van der Waals surface area contributed by atoms with Crippen LogP contribution in [0, 0.1) is 5.82 Å². The second kappa shape index (κ2) is 8.91. The fourth-order valence-electron chi connectivity index (χ4n) is 3.61. The van der Waals surface area contributed by atoms with Crippen molar-refractivity contribution in [3.05, 3.63) is 89.3 Å². The van der Waals surface area contributed by atoms with Gasteiger partial charge in [-0.2, -0.15) is 0 Å². The summed E-state index contributed by atoms with van der Waals surface area (Å²) in [4.78, 5) is 35.7. The molecule has 1 saturated heterocycles. The molecule has 0 bridgehead atoms. The largest absolute Gasteiger partial charge is 0.504 e. The van der Waals surface area contributed by atoms with Gasteiger partial charge in [-0.05, 0) is 42.7 Å². The highest BCUT2D eigenvalue weighted by molar-refractivity contribution is 5.95. The van der Waals surface area contributed by atoms with Crippen molar-refractivity contribution >= 4 is 11.8 Å². The molecule has 2 heterocycles. The van der Waals surface area contributed by atoms with Crippen LogP contribution in [0.2, 0.25) is 0 Å². The maximum Gasteiger partial charge on any atom is 0.274 e. The Morgan fingerprint density at radius 1 is 1.13 bits per heavy atom. The van der Waals surface area contributed by atoms with E-state index in [9.17, 15) is 19.1 Å². The Kier molecular flexibility index (Phi) is 5.88. The first-order valence-electron chi connectivity index (χ1n) is 9.97. The highest BCUT2D eigenvalue weighted by Gasteiger charge is 2.33. The normalized spacial score (nSPS) is 15.6. The average molecular weight is 420 g/mol. The second-order valence-electron chi connectivity index (χ2n) is 7.29. The Balaban J connectivity index is 1.51. The van der Waals surface area contributed by atoms with Gasteiger partial charge < -0.3 is 15.3 Å². The van der Waals surface area contributed by atoms with E-state index in [2.05, 4.69) is 15.3 Å². The molecule has 2 amide bonds. The van der Waals surface area contributed by atoms with Crippen LogP contribution >= 0.6 is 0 Å². The van der Waals surface area contributed by atoms with E-state index in [4.69, 9.17) is 0 Å². The van der Waals surface area contributed by atoms with Crippen molar-refractivity contribution in [2.24, 2.45) is 0 Å². The van der Waals surface area contributed by atoms with E-state index < -0.39 is 5.91 Å². The number of amides is 2. The molecule has 0 aliphatic carbocycles. The number of likely N-dealkylation sites (tertiary alicyclic amines) is 1. The number of benzene rings is 2. The third-order valence-electron chi connectivity index (χ3n) is 5.20. The highest BCUT2D eigenvalue weighted by Crippen LogP contribution is 2.32. The smallest absolute Gasteiger partial charge is 0.274 e. The number of carbonyl (C=O) groups is 2. The predicted octanol–water partition coefficient (Wildman–Crippen LogP) is 3.23. The van der Waals surface area contributed by atoms with Gasteiger partial charge in [0.05, 0.1) is 12.2 Å². The number of hydrogen-bond acceptors (Lipinski definition) is 5. The third kappa shape index (κ3) is 4.53. The Labute approximate surface area is 178 Å². The summed E-state index contributed by atoms with van der Waals surface area (Å²) < 4.78 is 13.0. The lowest BCUT2D eigenvalue weighted by Gasteiger charge is -2.24. The van der Waals surface area contributed by atoms with Crippen LogP contribution in [0.15, 0.2) is 60.8 Å². The minimum atomic E-state index is -0.579. The maximum absolute atomic E-state index is 13.0. The molecule has 1 aliphatic heterocycles. The van der Waals surface area contributed by atoms with Gasteiger partial charge in [0.1, 0.15) is 5.82 Å². The van der Waals surface area contributed by atoms with Gasteiger partial charge >= 0.3 is 0 Å². The summed E-state index contributed by atoms with van der Waals surface area (Å²) in [6, 6.07) is 14.3. The van der Waals surface area contributed by atoms with E-state index in [0.717, 1.165) is 6.42 Å². The van der Waals surface area contributed by atoms with Crippen molar-refractivity contribution < 1.29 is 19.1 Å². The average Bonchev–Trinajstić information content (AvgIpc) is 3.29. The van der Waals surface area contributed by atoms with Gasteiger partial charge in [-0.3, -0.25) is 9.59 Å². The number of halogens is 1. The molecule has 2 N–H and O–H groups in total.